The van der Waals surface area contributed by atoms with E-state index in [1.165, 1.54) is 0 Å². The zero-order chi connectivity index (χ0) is 11.7. The number of benzene rings is 1. The van der Waals surface area contributed by atoms with Gasteiger partial charge in [-0.3, -0.25) is 9.63 Å². The number of aromatic nitrogens is 1. The molecule has 2 N–H and O–H groups in total. The van der Waals surface area contributed by atoms with E-state index in [-0.39, 0.29) is 11.8 Å². The maximum Gasteiger partial charge on any atom is 0.246 e. The molecule has 1 fully saturated rings. The molecule has 0 bridgehead atoms. The van der Waals surface area contributed by atoms with E-state index in [1.54, 1.807) is 0 Å². The first-order chi connectivity index (χ1) is 8.34. The molecule has 1 aromatic carbocycles. The number of rotatable bonds is 4. The van der Waals surface area contributed by atoms with Crippen molar-refractivity contribution in [2.45, 2.75) is 19.4 Å². The second-order valence-electron chi connectivity index (χ2n) is 4.39. The largest absolute Gasteiger partial charge is 0.361 e. The first kappa shape index (κ1) is 10.4. The van der Waals surface area contributed by atoms with E-state index in [0.717, 1.165) is 29.3 Å². The number of fused-ring (bicyclic) bond motifs is 1. The Hall–Kier alpha value is -1.81. The van der Waals surface area contributed by atoms with Crippen LogP contribution in [-0.2, 0) is 16.2 Å². The summed E-state index contributed by atoms with van der Waals surface area (Å²) in [5, 5.41) is 1.13. The van der Waals surface area contributed by atoms with Crippen molar-refractivity contribution in [2.24, 2.45) is 5.92 Å². The highest BCUT2D eigenvalue weighted by Gasteiger charge is 2.29. The Morgan fingerprint density at radius 3 is 3.06 bits per heavy atom. The minimum atomic E-state index is 0.00448. The lowest BCUT2D eigenvalue weighted by atomic mass is 10.2. The molecule has 1 amide bonds. The molecule has 0 radical (unpaired) electrons. The van der Waals surface area contributed by atoms with Crippen molar-refractivity contribution in [1.82, 2.24) is 10.5 Å². The number of aromatic amines is 1. The predicted molar refractivity (Wildman–Crippen MR) is 64.0 cm³/mol. The summed E-state index contributed by atoms with van der Waals surface area (Å²) in [5.74, 6) is 0.183. The van der Waals surface area contributed by atoms with Crippen LogP contribution in [0.15, 0.2) is 30.5 Å². The number of hydrogen-bond acceptors (Lipinski definition) is 2. The Labute approximate surface area is 98.9 Å². The Bertz CT molecular complexity index is 543. The third-order valence-electron chi connectivity index (χ3n) is 3.02. The maximum absolute atomic E-state index is 11.4. The Morgan fingerprint density at radius 1 is 1.41 bits per heavy atom. The monoisotopic (exact) mass is 230 g/mol. The van der Waals surface area contributed by atoms with Gasteiger partial charge in [0.15, 0.2) is 0 Å². The van der Waals surface area contributed by atoms with Gasteiger partial charge in [-0.05, 0) is 18.9 Å². The van der Waals surface area contributed by atoms with Crippen LogP contribution in [0.5, 0.6) is 0 Å². The molecular formula is C13H14N2O2. The average Bonchev–Trinajstić information content (AvgIpc) is 3.12. The van der Waals surface area contributed by atoms with Crippen LogP contribution in [0.2, 0.25) is 0 Å². The van der Waals surface area contributed by atoms with Gasteiger partial charge in [-0.15, -0.1) is 0 Å². The lowest BCUT2D eigenvalue weighted by Crippen LogP contribution is -2.24. The highest BCUT2D eigenvalue weighted by atomic mass is 16.6. The minimum absolute atomic E-state index is 0.00448. The Kier molecular flexibility index (Phi) is 2.57. The van der Waals surface area contributed by atoms with E-state index in [2.05, 4.69) is 10.5 Å². The highest BCUT2D eigenvalue weighted by Crippen LogP contribution is 2.28. The van der Waals surface area contributed by atoms with Gasteiger partial charge in [0.2, 0.25) is 5.91 Å². The molecular weight excluding hydrogens is 216 g/mol. The number of hydroxylamine groups is 1. The first-order valence-corrected chi connectivity index (χ1v) is 5.81. The van der Waals surface area contributed by atoms with E-state index in [1.807, 2.05) is 30.5 Å². The fraction of sp³-hybridized carbons (Fsp3) is 0.308. The van der Waals surface area contributed by atoms with Crippen LogP contribution in [0.25, 0.3) is 10.9 Å². The lowest BCUT2D eigenvalue weighted by molar-refractivity contribution is -0.135. The number of nitrogens with one attached hydrogen (secondary N) is 2. The van der Waals surface area contributed by atoms with E-state index in [9.17, 15) is 4.79 Å². The summed E-state index contributed by atoms with van der Waals surface area (Å²) in [5.41, 5.74) is 4.63. The van der Waals surface area contributed by atoms with Crippen LogP contribution in [0, 0.1) is 5.92 Å². The molecule has 1 heterocycles. The fourth-order valence-corrected chi connectivity index (χ4v) is 1.86. The average molecular weight is 230 g/mol. The molecule has 1 aromatic heterocycles. The predicted octanol–water partition coefficient (Wildman–Crippen LogP) is 2.13. The molecule has 3 rings (SSSR count). The van der Waals surface area contributed by atoms with Crippen LogP contribution in [0.1, 0.15) is 18.4 Å². The number of H-pyrrole nitrogens is 1. The van der Waals surface area contributed by atoms with E-state index in [0.29, 0.717) is 6.61 Å². The molecule has 17 heavy (non-hydrogen) atoms. The summed E-state index contributed by atoms with van der Waals surface area (Å²) in [6, 6.07) is 8.02. The van der Waals surface area contributed by atoms with Gasteiger partial charge in [0.25, 0.3) is 0 Å². The summed E-state index contributed by atoms with van der Waals surface area (Å²) < 4.78 is 0. The minimum Gasteiger partial charge on any atom is -0.361 e. The fourth-order valence-electron chi connectivity index (χ4n) is 1.86. The molecule has 0 spiro atoms. The molecule has 0 aliphatic heterocycles. The van der Waals surface area contributed by atoms with Gasteiger partial charge < -0.3 is 4.98 Å². The van der Waals surface area contributed by atoms with Crippen LogP contribution in [-0.4, -0.2) is 10.9 Å². The molecule has 1 saturated carbocycles. The van der Waals surface area contributed by atoms with Gasteiger partial charge >= 0.3 is 0 Å². The zero-order valence-corrected chi connectivity index (χ0v) is 9.40. The second-order valence-corrected chi connectivity index (χ2v) is 4.39. The Morgan fingerprint density at radius 2 is 2.24 bits per heavy atom. The summed E-state index contributed by atoms with van der Waals surface area (Å²) in [6.07, 6.45) is 3.89. The standard InChI is InChI=1S/C13H14N2O2/c16-13(9-5-6-9)15-17-8-10-7-14-12-4-2-1-3-11(10)12/h1-4,7,9,14H,5-6,8H2,(H,15,16). The van der Waals surface area contributed by atoms with Crippen molar-refractivity contribution < 1.29 is 9.63 Å². The highest BCUT2D eigenvalue weighted by molar-refractivity contribution is 5.83. The number of carbonyl (C=O) groups is 1. The summed E-state index contributed by atoms with van der Waals surface area (Å²) in [4.78, 5) is 19.8. The van der Waals surface area contributed by atoms with Crippen LogP contribution in [0.4, 0.5) is 0 Å². The second kappa shape index (κ2) is 4.22. The zero-order valence-electron chi connectivity index (χ0n) is 9.40. The smallest absolute Gasteiger partial charge is 0.246 e. The molecule has 88 valence electrons. The molecule has 2 aromatic rings. The molecule has 0 atom stereocenters. The number of amides is 1. The van der Waals surface area contributed by atoms with Gasteiger partial charge in [-0.1, -0.05) is 18.2 Å². The van der Waals surface area contributed by atoms with E-state index < -0.39 is 0 Å². The summed E-state index contributed by atoms with van der Waals surface area (Å²) >= 11 is 0. The molecule has 1 aliphatic carbocycles. The van der Waals surface area contributed by atoms with Gasteiger partial charge in [-0.2, -0.15) is 0 Å². The van der Waals surface area contributed by atoms with Gasteiger partial charge in [0.1, 0.15) is 6.61 Å². The lowest BCUT2D eigenvalue weighted by Gasteiger charge is -2.03. The summed E-state index contributed by atoms with van der Waals surface area (Å²) in [6.45, 7) is 0.391. The van der Waals surface area contributed by atoms with Crippen molar-refractivity contribution in [3.63, 3.8) is 0 Å². The number of para-hydroxylation sites is 1. The molecule has 4 heteroatoms. The molecule has 1 aliphatic rings. The first-order valence-electron chi connectivity index (χ1n) is 5.81. The van der Waals surface area contributed by atoms with Crippen molar-refractivity contribution in [3.8, 4) is 0 Å². The SMILES string of the molecule is O=C(NOCc1c[nH]c2ccccc12)C1CC1. The van der Waals surface area contributed by atoms with Gasteiger partial charge in [0, 0.05) is 28.6 Å². The van der Waals surface area contributed by atoms with Crippen LogP contribution < -0.4 is 5.48 Å². The normalized spacial score (nSPS) is 15.1. The molecule has 0 unspecified atom stereocenters. The maximum atomic E-state index is 11.4. The number of carbonyl (C=O) groups excluding carboxylic acids is 1. The van der Waals surface area contributed by atoms with Crippen molar-refractivity contribution >= 4 is 16.8 Å². The quantitative estimate of drug-likeness (QED) is 0.790. The third kappa shape index (κ3) is 2.17. The molecule has 0 saturated heterocycles. The van der Waals surface area contributed by atoms with Crippen molar-refractivity contribution in [2.75, 3.05) is 0 Å². The van der Waals surface area contributed by atoms with Crippen LogP contribution >= 0.6 is 0 Å². The number of hydrogen-bond donors (Lipinski definition) is 2. The van der Waals surface area contributed by atoms with Crippen LogP contribution in [0.3, 0.4) is 0 Å². The van der Waals surface area contributed by atoms with Crippen molar-refractivity contribution in [1.29, 1.82) is 0 Å². The summed E-state index contributed by atoms with van der Waals surface area (Å²) in [7, 11) is 0. The van der Waals surface area contributed by atoms with Crippen molar-refractivity contribution in [3.05, 3.63) is 36.0 Å². The van der Waals surface area contributed by atoms with E-state index >= 15 is 0 Å². The Balaban J connectivity index is 1.62. The van der Waals surface area contributed by atoms with E-state index in [4.69, 9.17) is 4.84 Å². The topological polar surface area (TPSA) is 54.1 Å². The third-order valence-corrected chi connectivity index (χ3v) is 3.02. The van der Waals surface area contributed by atoms with Gasteiger partial charge in [0.05, 0.1) is 0 Å². The van der Waals surface area contributed by atoms with Gasteiger partial charge in [-0.25, -0.2) is 5.48 Å². The molecule has 4 nitrogen and oxygen atoms in total.